The van der Waals surface area contributed by atoms with Crippen LogP contribution in [0.15, 0.2) is 0 Å². The molecule has 0 amide bonds. The zero-order valence-corrected chi connectivity index (χ0v) is 10.1. The van der Waals surface area contributed by atoms with Crippen molar-refractivity contribution in [3.8, 4) is 0 Å². The maximum absolute atomic E-state index is 11.5. The maximum Gasteiger partial charge on any atom is 0.322 e. The largest absolute Gasteiger partial charge is 0.465 e. The summed E-state index contributed by atoms with van der Waals surface area (Å²) in [6.45, 7) is 1.81. The Morgan fingerprint density at radius 2 is 2.19 bits per heavy atom. The Kier molecular flexibility index (Phi) is 4.69. The van der Waals surface area contributed by atoms with Gasteiger partial charge in [0.2, 0.25) is 10.0 Å². The highest BCUT2D eigenvalue weighted by molar-refractivity contribution is 7.90. The van der Waals surface area contributed by atoms with E-state index in [1.165, 1.54) is 0 Å². The highest BCUT2D eigenvalue weighted by Crippen LogP contribution is 2.17. The summed E-state index contributed by atoms with van der Waals surface area (Å²) in [5.74, 6) is -1.37. The molecule has 1 aliphatic carbocycles. The Morgan fingerprint density at radius 3 is 2.69 bits per heavy atom. The van der Waals surface area contributed by atoms with Gasteiger partial charge in [-0.25, -0.2) is 13.1 Å². The summed E-state index contributed by atoms with van der Waals surface area (Å²) in [4.78, 5) is 11.0. The van der Waals surface area contributed by atoms with Gasteiger partial charge in [-0.3, -0.25) is 4.79 Å². The first kappa shape index (κ1) is 13.4. The first-order chi connectivity index (χ1) is 7.44. The fraction of sp³-hybridized carbons (Fsp3) is 0.889. The second-order valence-corrected chi connectivity index (χ2v) is 5.64. The van der Waals surface area contributed by atoms with Crippen LogP contribution in [0.2, 0.25) is 0 Å². The molecule has 6 nitrogen and oxygen atoms in total. The first-order valence-electron chi connectivity index (χ1n) is 5.36. The molecule has 1 aliphatic rings. The van der Waals surface area contributed by atoms with Crippen LogP contribution in [0.1, 0.15) is 26.2 Å². The number of rotatable bonds is 5. The molecule has 3 N–H and O–H groups in total. The molecule has 0 aromatic carbocycles. The maximum atomic E-state index is 11.5. The summed E-state index contributed by atoms with van der Waals surface area (Å²) in [7, 11) is -3.62. The van der Waals surface area contributed by atoms with Crippen LogP contribution in [0, 0.1) is 0 Å². The molecule has 0 heterocycles. The number of hydrogen-bond donors (Lipinski definition) is 2. The molecule has 0 aromatic rings. The molecule has 0 spiro atoms. The summed E-state index contributed by atoms with van der Waals surface area (Å²) in [5, 5.41) is 0. The summed E-state index contributed by atoms with van der Waals surface area (Å²) >= 11 is 0. The number of hydrogen-bond acceptors (Lipinski definition) is 5. The zero-order chi connectivity index (χ0) is 12.2. The van der Waals surface area contributed by atoms with Crippen molar-refractivity contribution in [3.05, 3.63) is 0 Å². The smallest absolute Gasteiger partial charge is 0.322 e. The van der Waals surface area contributed by atoms with Crippen LogP contribution in [0.4, 0.5) is 0 Å². The van der Waals surface area contributed by atoms with Gasteiger partial charge in [-0.05, 0) is 19.8 Å². The number of carbonyl (C=O) groups is 1. The third-order valence-electron chi connectivity index (χ3n) is 2.51. The molecular formula is C9H18N2O4S. The first-order valence-corrected chi connectivity index (χ1v) is 7.01. The van der Waals surface area contributed by atoms with Gasteiger partial charge in [0, 0.05) is 12.1 Å². The average Bonchev–Trinajstić information content (AvgIpc) is 2.50. The van der Waals surface area contributed by atoms with Gasteiger partial charge in [0.25, 0.3) is 0 Å². The van der Waals surface area contributed by atoms with Crippen molar-refractivity contribution in [3.63, 3.8) is 0 Å². The Hall–Kier alpha value is -0.660. The van der Waals surface area contributed by atoms with Crippen LogP contribution in [0.25, 0.3) is 0 Å². The lowest BCUT2D eigenvalue weighted by Crippen LogP contribution is -2.45. The monoisotopic (exact) mass is 250 g/mol. The van der Waals surface area contributed by atoms with E-state index in [-0.39, 0.29) is 18.7 Å². The van der Waals surface area contributed by atoms with E-state index in [1.807, 2.05) is 0 Å². The van der Waals surface area contributed by atoms with Crippen LogP contribution in [0.3, 0.4) is 0 Å². The van der Waals surface area contributed by atoms with E-state index in [4.69, 9.17) is 5.73 Å². The van der Waals surface area contributed by atoms with Crippen molar-refractivity contribution >= 4 is 16.0 Å². The molecule has 1 fully saturated rings. The number of sulfonamides is 1. The standard InChI is InChI=1S/C9H18N2O4S/c1-2-15-9(12)6-16(13,14)11-8-5-3-4-7(8)10/h7-8,11H,2-6,10H2,1H3. The molecule has 0 aromatic heterocycles. The minimum Gasteiger partial charge on any atom is -0.465 e. The quantitative estimate of drug-likeness (QED) is 0.632. The minimum atomic E-state index is -3.62. The Balaban J connectivity index is 2.48. The van der Waals surface area contributed by atoms with Gasteiger partial charge in [-0.15, -0.1) is 0 Å². The predicted octanol–water partition coefficient (Wildman–Crippen LogP) is -0.651. The predicted molar refractivity (Wildman–Crippen MR) is 59.2 cm³/mol. The van der Waals surface area contributed by atoms with Crippen molar-refractivity contribution in [1.82, 2.24) is 4.72 Å². The van der Waals surface area contributed by atoms with Gasteiger partial charge in [0.1, 0.15) is 0 Å². The van der Waals surface area contributed by atoms with Crippen molar-refractivity contribution < 1.29 is 17.9 Å². The van der Waals surface area contributed by atoms with Crippen molar-refractivity contribution in [2.45, 2.75) is 38.3 Å². The van der Waals surface area contributed by atoms with Gasteiger partial charge in [-0.1, -0.05) is 6.42 Å². The van der Waals surface area contributed by atoms with E-state index in [0.29, 0.717) is 0 Å². The molecule has 0 saturated heterocycles. The van der Waals surface area contributed by atoms with Crippen molar-refractivity contribution in [2.75, 3.05) is 12.4 Å². The Morgan fingerprint density at radius 1 is 1.50 bits per heavy atom. The fourth-order valence-electron chi connectivity index (χ4n) is 1.77. The molecule has 7 heteroatoms. The molecule has 1 rings (SSSR count). The van der Waals surface area contributed by atoms with E-state index in [0.717, 1.165) is 19.3 Å². The zero-order valence-electron chi connectivity index (χ0n) is 9.31. The van der Waals surface area contributed by atoms with Gasteiger partial charge >= 0.3 is 5.97 Å². The lowest BCUT2D eigenvalue weighted by Gasteiger charge is -2.16. The number of ether oxygens (including phenoxy) is 1. The van der Waals surface area contributed by atoms with Gasteiger partial charge in [0.05, 0.1) is 6.61 Å². The van der Waals surface area contributed by atoms with E-state index in [9.17, 15) is 13.2 Å². The lowest BCUT2D eigenvalue weighted by atomic mass is 10.2. The minimum absolute atomic E-state index is 0.156. The number of carbonyl (C=O) groups excluding carboxylic acids is 1. The normalized spacial score (nSPS) is 25.6. The molecule has 16 heavy (non-hydrogen) atoms. The topological polar surface area (TPSA) is 98.5 Å². The number of nitrogens with one attached hydrogen (secondary N) is 1. The van der Waals surface area contributed by atoms with E-state index < -0.39 is 21.7 Å². The number of nitrogens with two attached hydrogens (primary N) is 1. The molecule has 2 unspecified atom stereocenters. The second kappa shape index (κ2) is 5.60. The highest BCUT2D eigenvalue weighted by Gasteiger charge is 2.29. The molecule has 0 aliphatic heterocycles. The summed E-state index contributed by atoms with van der Waals surface area (Å²) in [6, 6.07) is -0.406. The van der Waals surface area contributed by atoms with Crippen molar-refractivity contribution in [1.29, 1.82) is 0 Å². The molecular weight excluding hydrogens is 232 g/mol. The van der Waals surface area contributed by atoms with Crippen LogP contribution < -0.4 is 10.5 Å². The van der Waals surface area contributed by atoms with E-state index in [1.54, 1.807) is 6.92 Å². The lowest BCUT2D eigenvalue weighted by molar-refractivity contribution is -0.139. The Bertz CT molecular complexity index is 341. The SMILES string of the molecule is CCOC(=O)CS(=O)(=O)NC1CCCC1N. The van der Waals surface area contributed by atoms with E-state index in [2.05, 4.69) is 9.46 Å². The average molecular weight is 250 g/mol. The van der Waals surface area contributed by atoms with Crippen LogP contribution >= 0.6 is 0 Å². The summed E-state index contributed by atoms with van der Waals surface area (Å²) < 4.78 is 30.1. The Labute approximate surface area is 95.6 Å². The van der Waals surface area contributed by atoms with Gasteiger partial charge < -0.3 is 10.5 Å². The molecule has 94 valence electrons. The fourth-order valence-corrected chi connectivity index (χ4v) is 3.00. The van der Waals surface area contributed by atoms with Crippen LogP contribution in [-0.4, -0.2) is 38.8 Å². The van der Waals surface area contributed by atoms with Gasteiger partial charge in [0.15, 0.2) is 5.75 Å². The summed E-state index contributed by atoms with van der Waals surface area (Å²) in [6.07, 6.45) is 2.45. The van der Waals surface area contributed by atoms with Crippen LogP contribution in [0.5, 0.6) is 0 Å². The third-order valence-corrected chi connectivity index (χ3v) is 3.79. The van der Waals surface area contributed by atoms with Crippen molar-refractivity contribution in [2.24, 2.45) is 5.73 Å². The molecule has 2 atom stereocenters. The van der Waals surface area contributed by atoms with Crippen LogP contribution in [-0.2, 0) is 19.6 Å². The molecule has 0 bridgehead atoms. The van der Waals surface area contributed by atoms with E-state index >= 15 is 0 Å². The molecule has 0 radical (unpaired) electrons. The second-order valence-electron chi connectivity index (χ2n) is 3.88. The summed E-state index contributed by atoms with van der Waals surface area (Å²) in [5.41, 5.74) is 5.73. The number of esters is 1. The highest BCUT2D eigenvalue weighted by atomic mass is 32.2. The third kappa shape index (κ3) is 4.07. The van der Waals surface area contributed by atoms with Gasteiger partial charge in [-0.2, -0.15) is 0 Å². The molecule has 1 saturated carbocycles.